The Balaban J connectivity index is 1.59. The van der Waals surface area contributed by atoms with Crippen molar-refractivity contribution in [2.75, 3.05) is 19.6 Å². The molecule has 0 unspecified atom stereocenters. The number of sulfonamides is 1. The Bertz CT molecular complexity index is 1100. The number of carbonyl (C=O) groups excluding carboxylic acids is 1. The van der Waals surface area contributed by atoms with Gasteiger partial charge >= 0.3 is 6.18 Å². The fourth-order valence-electron chi connectivity index (χ4n) is 3.18. The van der Waals surface area contributed by atoms with E-state index in [1.807, 2.05) is 0 Å². The van der Waals surface area contributed by atoms with E-state index in [9.17, 15) is 26.4 Å². The van der Waals surface area contributed by atoms with Crippen molar-refractivity contribution in [1.29, 1.82) is 0 Å². The number of alkyl halides is 3. The van der Waals surface area contributed by atoms with Gasteiger partial charge in [-0.2, -0.15) is 17.5 Å². The third kappa shape index (κ3) is 5.87. The van der Waals surface area contributed by atoms with Crippen LogP contribution in [0, 0.1) is 11.8 Å². The maximum atomic E-state index is 12.7. The zero-order valence-electron chi connectivity index (χ0n) is 16.6. The molecule has 3 rings (SSSR count). The minimum atomic E-state index is -4.44. The van der Waals surface area contributed by atoms with E-state index in [0.29, 0.717) is 13.1 Å². The molecule has 0 atom stereocenters. The molecule has 2 aromatic carbocycles. The first-order valence-electron chi connectivity index (χ1n) is 9.72. The fraction of sp³-hybridized carbons (Fsp3) is 0.318. The number of nitrogens with one attached hydrogen (secondary N) is 1. The van der Waals surface area contributed by atoms with Crippen LogP contribution in [0.25, 0.3) is 0 Å². The summed E-state index contributed by atoms with van der Waals surface area (Å²) in [7, 11) is -3.57. The molecule has 1 fully saturated rings. The van der Waals surface area contributed by atoms with Gasteiger partial charge in [0.25, 0.3) is 5.91 Å². The van der Waals surface area contributed by atoms with E-state index < -0.39 is 27.7 Å². The van der Waals surface area contributed by atoms with E-state index in [-0.39, 0.29) is 22.6 Å². The molecule has 0 aliphatic carbocycles. The third-order valence-electron chi connectivity index (χ3n) is 4.83. The van der Waals surface area contributed by atoms with Crippen molar-refractivity contribution in [2.45, 2.75) is 30.3 Å². The van der Waals surface area contributed by atoms with Gasteiger partial charge < -0.3 is 5.32 Å². The summed E-state index contributed by atoms with van der Waals surface area (Å²) < 4.78 is 64.9. The van der Waals surface area contributed by atoms with E-state index in [1.165, 1.54) is 40.7 Å². The molecule has 9 heteroatoms. The number of rotatable bonds is 4. The largest absolute Gasteiger partial charge is 0.416 e. The molecule has 1 aliphatic heterocycles. The zero-order chi connectivity index (χ0) is 22.5. The molecular formula is C22H21F3N2O3S. The second-order valence-corrected chi connectivity index (χ2v) is 8.99. The normalized spacial score (nSPS) is 15.1. The first-order valence-corrected chi connectivity index (χ1v) is 11.2. The summed E-state index contributed by atoms with van der Waals surface area (Å²) in [5.41, 5.74) is -0.335. The lowest BCUT2D eigenvalue weighted by atomic mass is 10.1. The van der Waals surface area contributed by atoms with Crippen LogP contribution in [0.15, 0.2) is 53.4 Å². The maximum absolute atomic E-state index is 12.7. The van der Waals surface area contributed by atoms with E-state index in [0.717, 1.165) is 31.4 Å². The van der Waals surface area contributed by atoms with Gasteiger partial charge in [0.15, 0.2) is 0 Å². The average Bonchev–Trinajstić information content (AvgIpc) is 2.77. The van der Waals surface area contributed by atoms with Gasteiger partial charge in [0.2, 0.25) is 10.0 Å². The highest BCUT2D eigenvalue weighted by atomic mass is 32.2. The molecule has 31 heavy (non-hydrogen) atoms. The maximum Gasteiger partial charge on any atom is 0.416 e. The van der Waals surface area contributed by atoms with Crippen molar-refractivity contribution in [3.05, 3.63) is 65.2 Å². The number of halogens is 3. The Morgan fingerprint density at radius 3 is 2.35 bits per heavy atom. The molecule has 1 aliphatic rings. The van der Waals surface area contributed by atoms with Crippen LogP contribution in [-0.2, 0) is 16.2 Å². The highest BCUT2D eigenvalue weighted by molar-refractivity contribution is 7.89. The Hall–Kier alpha value is -2.83. The van der Waals surface area contributed by atoms with Crippen LogP contribution in [0.2, 0.25) is 0 Å². The number of hydrogen-bond acceptors (Lipinski definition) is 3. The lowest BCUT2D eigenvalue weighted by Crippen LogP contribution is -2.35. The van der Waals surface area contributed by atoms with E-state index >= 15 is 0 Å². The molecule has 0 aromatic heterocycles. The number of amides is 1. The van der Waals surface area contributed by atoms with Gasteiger partial charge in [0.1, 0.15) is 0 Å². The van der Waals surface area contributed by atoms with Gasteiger partial charge in [-0.05, 0) is 55.3 Å². The SMILES string of the molecule is O=C(NCC#Cc1cccc(C(F)(F)F)c1)c1ccc(S(=O)(=O)N2CCCCC2)cc1. The minimum absolute atomic E-state index is 0.0666. The highest BCUT2D eigenvalue weighted by Crippen LogP contribution is 2.29. The quantitative estimate of drug-likeness (QED) is 0.723. The van der Waals surface area contributed by atoms with Crippen LogP contribution in [0.1, 0.15) is 40.7 Å². The monoisotopic (exact) mass is 450 g/mol. The summed E-state index contributed by atoms with van der Waals surface area (Å²) in [6, 6.07) is 10.3. The molecule has 1 N–H and O–H groups in total. The molecular weight excluding hydrogens is 429 g/mol. The van der Waals surface area contributed by atoms with Gasteiger partial charge in [-0.25, -0.2) is 8.42 Å². The van der Waals surface area contributed by atoms with Crippen molar-refractivity contribution in [3.63, 3.8) is 0 Å². The van der Waals surface area contributed by atoms with E-state index in [4.69, 9.17) is 0 Å². The van der Waals surface area contributed by atoms with Gasteiger partial charge in [0.05, 0.1) is 17.0 Å². The van der Waals surface area contributed by atoms with Crippen molar-refractivity contribution in [1.82, 2.24) is 9.62 Å². The number of piperidine rings is 1. The molecule has 1 amide bonds. The first kappa shape index (κ1) is 22.8. The lowest BCUT2D eigenvalue weighted by Gasteiger charge is -2.25. The van der Waals surface area contributed by atoms with Gasteiger partial charge in [0, 0.05) is 24.2 Å². The van der Waals surface area contributed by atoms with Gasteiger partial charge in [-0.3, -0.25) is 4.79 Å². The number of carbonyl (C=O) groups is 1. The van der Waals surface area contributed by atoms with Crippen LogP contribution >= 0.6 is 0 Å². The predicted octanol–water partition coefficient (Wildman–Crippen LogP) is 3.66. The molecule has 0 radical (unpaired) electrons. The van der Waals surface area contributed by atoms with Crippen molar-refractivity contribution in [3.8, 4) is 11.8 Å². The summed E-state index contributed by atoms with van der Waals surface area (Å²) >= 11 is 0. The van der Waals surface area contributed by atoms with Crippen molar-refractivity contribution >= 4 is 15.9 Å². The van der Waals surface area contributed by atoms with Crippen LogP contribution in [0.4, 0.5) is 13.2 Å². The average molecular weight is 450 g/mol. The molecule has 2 aromatic rings. The number of hydrogen-bond donors (Lipinski definition) is 1. The second kappa shape index (κ2) is 9.54. The van der Waals surface area contributed by atoms with E-state index in [2.05, 4.69) is 17.2 Å². The zero-order valence-corrected chi connectivity index (χ0v) is 17.4. The highest BCUT2D eigenvalue weighted by Gasteiger charge is 2.30. The Morgan fingerprint density at radius 2 is 1.71 bits per heavy atom. The van der Waals surface area contributed by atoms with Crippen LogP contribution in [0.5, 0.6) is 0 Å². The van der Waals surface area contributed by atoms with Crippen molar-refractivity contribution < 1.29 is 26.4 Å². The molecule has 1 heterocycles. The second-order valence-electron chi connectivity index (χ2n) is 7.05. The standard InChI is InChI=1S/C22H21F3N2O3S/c23-22(24,25)19-8-4-6-17(16-19)7-5-13-26-21(28)18-9-11-20(12-10-18)31(29,30)27-14-2-1-3-15-27/h4,6,8-12,16H,1-3,13-15H2,(H,26,28). The molecule has 164 valence electrons. The minimum Gasteiger partial charge on any atom is -0.341 e. The van der Waals surface area contributed by atoms with Crippen molar-refractivity contribution in [2.24, 2.45) is 0 Å². The summed E-state index contributed by atoms with van der Waals surface area (Å²) in [6.45, 7) is 0.924. The molecule has 0 spiro atoms. The van der Waals surface area contributed by atoms with Gasteiger partial charge in [-0.15, -0.1) is 0 Å². The summed E-state index contributed by atoms with van der Waals surface area (Å²) in [6.07, 6.45) is -1.76. The number of benzene rings is 2. The Morgan fingerprint density at radius 1 is 1.03 bits per heavy atom. The summed E-state index contributed by atoms with van der Waals surface area (Å²) in [5.74, 6) is 4.73. The van der Waals surface area contributed by atoms with Crippen LogP contribution < -0.4 is 5.32 Å². The number of nitrogens with zero attached hydrogens (tertiary/aromatic N) is 1. The smallest absolute Gasteiger partial charge is 0.341 e. The third-order valence-corrected chi connectivity index (χ3v) is 6.74. The molecule has 1 saturated heterocycles. The topological polar surface area (TPSA) is 66.5 Å². The van der Waals surface area contributed by atoms with E-state index in [1.54, 1.807) is 0 Å². The molecule has 5 nitrogen and oxygen atoms in total. The van der Waals surface area contributed by atoms with Crippen LogP contribution in [-0.4, -0.2) is 38.3 Å². The van der Waals surface area contributed by atoms with Crippen LogP contribution in [0.3, 0.4) is 0 Å². The Kier molecular flexibility index (Phi) is 7.03. The molecule has 0 bridgehead atoms. The summed E-state index contributed by atoms with van der Waals surface area (Å²) in [5, 5.41) is 2.54. The summed E-state index contributed by atoms with van der Waals surface area (Å²) in [4.78, 5) is 12.4. The lowest BCUT2D eigenvalue weighted by molar-refractivity contribution is -0.137. The molecule has 0 saturated carbocycles. The Labute approximate surface area is 179 Å². The first-order chi connectivity index (χ1) is 14.7. The van der Waals surface area contributed by atoms with Gasteiger partial charge in [-0.1, -0.05) is 24.3 Å². The fourth-order valence-corrected chi connectivity index (χ4v) is 4.70. The predicted molar refractivity (Wildman–Crippen MR) is 110 cm³/mol.